The summed E-state index contributed by atoms with van der Waals surface area (Å²) in [5.74, 6) is -0.583. The highest BCUT2D eigenvalue weighted by Crippen LogP contribution is 2.29. The molecule has 156 valence electrons. The van der Waals surface area contributed by atoms with Gasteiger partial charge in [-0.05, 0) is 49.1 Å². The Hall–Kier alpha value is -3.00. The second-order valence-electron chi connectivity index (χ2n) is 7.84. The fourth-order valence-electron chi connectivity index (χ4n) is 4.24. The van der Waals surface area contributed by atoms with Crippen molar-refractivity contribution in [2.24, 2.45) is 0 Å². The number of aliphatic hydroxyl groups is 1. The number of carbonyl (C=O) groups excluding carboxylic acids is 1. The fourth-order valence-corrected chi connectivity index (χ4v) is 4.24. The number of para-hydroxylation sites is 1. The molecule has 4 rings (SSSR count). The fraction of sp³-hybridized carbons (Fsp3) is 0.304. The topological polar surface area (TPSA) is 101 Å². The van der Waals surface area contributed by atoms with Crippen molar-refractivity contribution in [3.05, 3.63) is 71.2 Å². The number of likely N-dealkylation sites (tertiary alicyclic amines) is 1. The van der Waals surface area contributed by atoms with Gasteiger partial charge < -0.3 is 10.1 Å². The van der Waals surface area contributed by atoms with Gasteiger partial charge in [-0.3, -0.25) is 19.9 Å². The average Bonchev–Trinajstić information content (AvgIpc) is 3.26. The normalized spacial score (nSPS) is 19.7. The van der Waals surface area contributed by atoms with Gasteiger partial charge in [0, 0.05) is 48.0 Å². The number of hydroxylamine groups is 1. The smallest absolute Gasteiger partial charge is 0.267 e. The van der Waals surface area contributed by atoms with Crippen LogP contribution in [0.4, 0.5) is 0 Å². The molecule has 2 aromatic heterocycles. The van der Waals surface area contributed by atoms with Crippen molar-refractivity contribution in [2.45, 2.75) is 38.5 Å². The SMILES string of the molecule is Cc1[nH]c2ccccc2c1C[C@H]1C[C@H](O)CN1Cc1ccc(C=CC(=O)NO)cn1. The summed E-state index contributed by atoms with van der Waals surface area (Å²) in [6.45, 7) is 3.40. The summed E-state index contributed by atoms with van der Waals surface area (Å²) >= 11 is 0. The molecule has 0 bridgehead atoms. The van der Waals surface area contributed by atoms with Crippen LogP contribution in [0.1, 0.15) is 28.9 Å². The third-order valence-corrected chi connectivity index (χ3v) is 5.72. The van der Waals surface area contributed by atoms with Gasteiger partial charge in [-0.15, -0.1) is 0 Å². The molecular formula is C23H26N4O3. The van der Waals surface area contributed by atoms with Gasteiger partial charge in [0.1, 0.15) is 0 Å². The van der Waals surface area contributed by atoms with Crippen LogP contribution in [0, 0.1) is 6.92 Å². The molecule has 3 heterocycles. The Morgan fingerprint density at radius 3 is 2.93 bits per heavy atom. The lowest BCUT2D eigenvalue weighted by atomic mass is 10.0. The maximum absolute atomic E-state index is 11.1. The van der Waals surface area contributed by atoms with Crippen LogP contribution in [0.15, 0.2) is 48.7 Å². The van der Waals surface area contributed by atoms with Gasteiger partial charge in [-0.25, -0.2) is 5.48 Å². The molecule has 7 heteroatoms. The zero-order chi connectivity index (χ0) is 21.1. The maximum atomic E-state index is 11.1. The van der Waals surface area contributed by atoms with E-state index in [-0.39, 0.29) is 12.1 Å². The number of nitrogens with zero attached hydrogens (tertiary/aromatic N) is 2. The average molecular weight is 406 g/mol. The summed E-state index contributed by atoms with van der Waals surface area (Å²) in [6, 6.07) is 12.4. The molecule has 1 fully saturated rings. The molecule has 0 unspecified atom stereocenters. The van der Waals surface area contributed by atoms with Crippen molar-refractivity contribution >= 4 is 22.9 Å². The second-order valence-corrected chi connectivity index (χ2v) is 7.84. The molecule has 0 radical (unpaired) electrons. The number of nitrogens with one attached hydrogen (secondary N) is 2. The van der Waals surface area contributed by atoms with Gasteiger partial charge >= 0.3 is 0 Å². The first kappa shape index (κ1) is 20.3. The Kier molecular flexibility index (Phi) is 5.94. The molecule has 1 aliphatic rings. The molecular weight excluding hydrogens is 380 g/mol. The number of aromatic nitrogens is 2. The van der Waals surface area contributed by atoms with Crippen molar-refractivity contribution in [3.8, 4) is 0 Å². The van der Waals surface area contributed by atoms with Gasteiger partial charge in [0.25, 0.3) is 5.91 Å². The van der Waals surface area contributed by atoms with E-state index in [4.69, 9.17) is 5.21 Å². The quantitative estimate of drug-likeness (QED) is 0.286. The second kappa shape index (κ2) is 8.79. The Balaban J connectivity index is 1.47. The molecule has 3 aromatic rings. The summed E-state index contributed by atoms with van der Waals surface area (Å²) < 4.78 is 0. The number of benzene rings is 1. The highest BCUT2D eigenvalue weighted by Gasteiger charge is 2.32. The summed E-state index contributed by atoms with van der Waals surface area (Å²) in [5.41, 5.74) is 6.88. The summed E-state index contributed by atoms with van der Waals surface area (Å²) in [7, 11) is 0. The van der Waals surface area contributed by atoms with E-state index in [2.05, 4.69) is 40.0 Å². The molecule has 1 aliphatic heterocycles. The molecule has 0 spiro atoms. The number of carbonyl (C=O) groups is 1. The van der Waals surface area contributed by atoms with Crippen molar-refractivity contribution in [2.75, 3.05) is 6.54 Å². The molecule has 0 aliphatic carbocycles. The summed E-state index contributed by atoms with van der Waals surface area (Å²) in [6.07, 6.45) is 5.82. The number of amides is 1. The van der Waals surface area contributed by atoms with E-state index >= 15 is 0 Å². The van der Waals surface area contributed by atoms with Crippen molar-refractivity contribution < 1.29 is 15.1 Å². The third-order valence-electron chi connectivity index (χ3n) is 5.72. The van der Waals surface area contributed by atoms with Crippen LogP contribution < -0.4 is 5.48 Å². The number of aliphatic hydroxyl groups excluding tert-OH is 1. The zero-order valence-electron chi connectivity index (χ0n) is 16.9. The number of pyridine rings is 1. The van der Waals surface area contributed by atoms with E-state index in [9.17, 15) is 9.90 Å². The van der Waals surface area contributed by atoms with E-state index in [1.165, 1.54) is 22.7 Å². The summed E-state index contributed by atoms with van der Waals surface area (Å²) in [5, 5.41) is 20.1. The maximum Gasteiger partial charge on any atom is 0.267 e. The monoisotopic (exact) mass is 406 g/mol. The number of H-pyrrole nitrogens is 1. The minimum absolute atomic E-state index is 0.243. The Morgan fingerprint density at radius 1 is 1.33 bits per heavy atom. The van der Waals surface area contributed by atoms with E-state index < -0.39 is 5.91 Å². The van der Waals surface area contributed by atoms with E-state index in [0.29, 0.717) is 13.1 Å². The Morgan fingerprint density at radius 2 is 2.17 bits per heavy atom. The van der Waals surface area contributed by atoms with Gasteiger partial charge in [0.2, 0.25) is 0 Å². The lowest BCUT2D eigenvalue weighted by Gasteiger charge is -2.24. The lowest BCUT2D eigenvalue weighted by Crippen LogP contribution is -2.31. The first-order chi connectivity index (χ1) is 14.5. The molecule has 2 atom stereocenters. The van der Waals surface area contributed by atoms with Crippen molar-refractivity contribution in [1.82, 2.24) is 20.3 Å². The number of aromatic amines is 1. The van der Waals surface area contributed by atoms with Crippen LogP contribution in [-0.2, 0) is 17.8 Å². The number of fused-ring (bicyclic) bond motifs is 1. The third kappa shape index (κ3) is 4.43. The first-order valence-electron chi connectivity index (χ1n) is 10.1. The number of rotatable bonds is 6. The Bertz CT molecular complexity index is 1060. The van der Waals surface area contributed by atoms with Crippen LogP contribution in [-0.4, -0.2) is 49.8 Å². The first-order valence-corrected chi connectivity index (χ1v) is 10.1. The van der Waals surface area contributed by atoms with Gasteiger partial charge in [-0.2, -0.15) is 0 Å². The van der Waals surface area contributed by atoms with E-state index in [1.807, 2.05) is 18.2 Å². The lowest BCUT2D eigenvalue weighted by molar-refractivity contribution is -0.124. The molecule has 4 N–H and O–H groups in total. The molecule has 1 saturated heterocycles. The Labute approximate surface area is 175 Å². The van der Waals surface area contributed by atoms with E-state index in [0.717, 1.165) is 29.6 Å². The predicted octanol–water partition coefficient (Wildman–Crippen LogP) is 2.57. The number of β-amino-alcohol motifs (C(OH)–C–C–N with tert-alkyl or cyclic N) is 1. The molecule has 1 aromatic carbocycles. The predicted molar refractivity (Wildman–Crippen MR) is 115 cm³/mol. The number of hydrogen-bond donors (Lipinski definition) is 4. The van der Waals surface area contributed by atoms with E-state index in [1.54, 1.807) is 17.8 Å². The van der Waals surface area contributed by atoms with Crippen molar-refractivity contribution in [3.63, 3.8) is 0 Å². The largest absolute Gasteiger partial charge is 0.392 e. The highest BCUT2D eigenvalue weighted by atomic mass is 16.5. The number of hydrogen-bond acceptors (Lipinski definition) is 5. The van der Waals surface area contributed by atoms with Crippen LogP contribution in [0.2, 0.25) is 0 Å². The minimum atomic E-state index is -0.583. The molecule has 1 amide bonds. The molecule has 30 heavy (non-hydrogen) atoms. The van der Waals surface area contributed by atoms with Crippen LogP contribution in [0.5, 0.6) is 0 Å². The van der Waals surface area contributed by atoms with Gasteiger partial charge in [0.15, 0.2) is 0 Å². The van der Waals surface area contributed by atoms with Crippen LogP contribution in [0.25, 0.3) is 17.0 Å². The zero-order valence-corrected chi connectivity index (χ0v) is 16.9. The van der Waals surface area contributed by atoms with Crippen molar-refractivity contribution in [1.29, 1.82) is 0 Å². The number of aryl methyl sites for hydroxylation is 1. The molecule has 0 saturated carbocycles. The summed E-state index contributed by atoms with van der Waals surface area (Å²) in [4.78, 5) is 21.3. The molecule has 7 nitrogen and oxygen atoms in total. The van der Waals surface area contributed by atoms with Gasteiger partial charge in [-0.1, -0.05) is 24.3 Å². The van der Waals surface area contributed by atoms with Crippen LogP contribution in [0.3, 0.4) is 0 Å². The minimum Gasteiger partial charge on any atom is -0.392 e. The standard InChI is InChI=1S/C23H26N4O3/c1-15-21(20-4-2-3-5-22(20)25-15)11-18-10-19(28)14-27(18)13-17-8-6-16(12-24-17)7-9-23(29)26-30/h2-9,12,18-19,25,28,30H,10-11,13-14H2,1H3,(H,26,29)/t18-,19+/m1/s1. The van der Waals surface area contributed by atoms with Gasteiger partial charge in [0.05, 0.1) is 11.8 Å². The van der Waals surface area contributed by atoms with Crippen LogP contribution >= 0.6 is 0 Å². The highest BCUT2D eigenvalue weighted by molar-refractivity contribution is 5.90.